The molecule has 1 fully saturated rings. The van der Waals surface area contributed by atoms with Crippen LogP contribution in [0.2, 0.25) is 5.04 Å². The van der Waals surface area contributed by atoms with E-state index in [1.807, 2.05) is 34.6 Å². The molecule has 134 valence electrons. The molecule has 0 radical (unpaired) electrons. The van der Waals surface area contributed by atoms with Crippen molar-refractivity contribution in [1.82, 2.24) is 4.90 Å². The third kappa shape index (κ3) is 6.26. The normalized spacial score (nSPS) is 23.6. The van der Waals surface area contributed by atoms with Crippen molar-refractivity contribution in [3.63, 3.8) is 0 Å². The Hall–Kier alpha value is -0.883. The van der Waals surface area contributed by atoms with Crippen LogP contribution in [0.4, 0.5) is 4.79 Å². The molecule has 0 aromatic carbocycles. The highest BCUT2D eigenvalue weighted by Crippen LogP contribution is 2.36. The van der Waals surface area contributed by atoms with Crippen molar-refractivity contribution in [1.29, 1.82) is 0 Å². The number of hydrogen-bond acceptors (Lipinski definition) is 4. The minimum Gasteiger partial charge on any atom is -0.444 e. The molecule has 0 bridgehead atoms. The lowest BCUT2D eigenvalue weighted by atomic mass is 9.83. The van der Waals surface area contributed by atoms with E-state index in [1.165, 1.54) is 0 Å². The Bertz CT molecular complexity index is 437. The van der Waals surface area contributed by atoms with E-state index in [0.29, 0.717) is 13.1 Å². The lowest BCUT2D eigenvalue weighted by Gasteiger charge is -2.36. The van der Waals surface area contributed by atoms with Gasteiger partial charge < -0.3 is 18.9 Å². The van der Waals surface area contributed by atoms with Crippen molar-refractivity contribution in [3.8, 4) is 0 Å². The van der Waals surface area contributed by atoms with E-state index >= 15 is 0 Å². The van der Waals surface area contributed by atoms with Crippen molar-refractivity contribution in [2.24, 2.45) is 11.8 Å². The second kappa shape index (κ2) is 6.93. The molecule has 1 amide bonds. The predicted octanol–water partition coefficient (Wildman–Crippen LogP) is 2.77. The molecule has 0 spiro atoms. The molecule has 0 aromatic heterocycles. The third-order valence-electron chi connectivity index (χ3n) is 3.96. The first-order valence-corrected chi connectivity index (χ1v) is 9.61. The van der Waals surface area contributed by atoms with Crippen LogP contribution in [0.5, 0.6) is 0 Å². The third-order valence-corrected chi connectivity index (χ3v) is 5.72. The molecule has 23 heavy (non-hydrogen) atoms. The maximum absolute atomic E-state index is 12.3. The molecule has 2 atom stereocenters. The Morgan fingerprint density at radius 2 is 1.65 bits per heavy atom. The van der Waals surface area contributed by atoms with Crippen molar-refractivity contribution < 1.29 is 18.8 Å². The first-order valence-electron chi connectivity index (χ1n) is 8.32. The highest BCUT2D eigenvalue weighted by atomic mass is 28.2. The molecule has 0 saturated carbocycles. The Balaban J connectivity index is 2.79. The van der Waals surface area contributed by atoms with Gasteiger partial charge in [0.2, 0.25) is 0 Å². The van der Waals surface area contributed by atoms with Crippen LogP contribution in [0, 0.1) is 11.8 Å². The summed E-state index contributed by atoms with van der Waals surface area (Å²) in [6, 6.07) is 0. The van der Waals surface area contributed by atoms with Crippen LogP contribution in [0.1, 0.15) is 55.4 Å². The van der Waals surface area contributed by atoms with Gasteiger partial charge in [-0.05, 0) is 39.7 Å². The maximum Gasteiger partial charge on any atom is 0.410 e. The fourth-order valence-electron chi connectivity index (χ4n) is 2.69. The summed E-state index contributed by atoms with van der Waals surface area (Å²) in [5.41, 5.74) is -0.946. The zero-order valence-corrected chi connectivity index (χ0v) is 17.3. The minimum atomic E-state index is -0.733. The van der Waals surface area contributed by atoms with Gasteiger partial charge >= 0.3 is 6.09 Å². The van der Waals surface area contributed by atoms with Gasteiger partial charge in [0.1, 0.15) is 11.9 Å². The largest absolute Gasteiger partial charge is 0.444 e. The van der Waals surface area contributed by atoms with Crippen molar-refractivity contribution in [3.05, 3.63) is 0 Å². The van der Waals surface area contributed by atoms with Gasteiger partial charge in [0.05, 0.1) is 5.60 Å². The highest BCUT2D eigenvalue weighted by molar-refractivity contribution is 6.31. The van der Waals surface area contributed by atoms with Crippen LogP contribution >= 0.6 is 0 Å². The van der Waals surface area contributed by atoms with Crippen molar-refractivity contribution in [2.75, 3.05) is 13.1 Å². The number of nitrogens with zero attached hydrogens (tertiary/aromatic N) is 1. The Morgan fingerprint density at radius 3 is 2.09 bits per heavy atom. The fraction of sp³-hybridized carbons (Fsp3) is 0.882. The van der Waals surface area contributed by atoms with Crippen molar-refractivity contribution in [2.45, 2.75) is 71.6 Å². The second-order valence-electron chi connectivity index (χ2n) is 9.24. The molecule has 0 N–H and O–H groups in total. The molecular weight excluding hydrogens is 310 g/mol. The lowest BCUT2D eigenvalue weighted by Crippen LogP contribution is -2.42. The molecule has 5 nitrogen and oxygen atoms in total. The quantitative estimate of drug-likeness (QED) is 0.582. The molecule has 0 unspecified atom stereocenters. The average Bonchev–Trinajstić information content (AvgIpc) is 2.78. The van der Waals surface area contributed by atoms with Gasteiger partial charge in [0.15, 0.2) is 9.76 Å². The van der Waals surface area contributed by atoms with Crippen LogP contribution in [-0.4, -0.2) is 51.3 Å². The van der Waals surface area contributed by atoms with E-state index in [2.05, 4.69) is 20.8 Å². The summed E-state index contributed by atoms with van der Waals surface area (Å²) < 4.78 is 11.7. The minimum absolute atomic E-state index is 0.00219. The van der Waals surface area contributed by atoms with Crippen LogP contribution in [0.3, 0.4) is 0 Å². The summed E-state index contributed by atoms with van der Waals surface area (Å²) in [4.78, 5) is 25.4. The zero-order valence-electron chi connectivity index (χ0n) is 15.9. The number of aldehydes is 1. The number of hydrogen-bond donors (Lipinski definition) is 0. The summed E-state index contributed by atoms with van der Waals surface area (Å²) >= 11 is 0. The fourth-order valence-corrected chi connectivity index (χ4v) is 3.71. The van der Waals surface area contributed by atoms with Gasteiger partial charge in [-0.25, -0.2) is 4.79 Å². The van der Waals surface area contributed by atoms with E-state index in [9.17, 15) is 9.59 Å². The molecule has 6 heteroatoms. The highest BCUT2D eigenvalue weighted by Gasteiger charge is 2.45. The summed E-state index contributed by atoms with van der Waals surface area (Å²) in [5, 5.41) is 0.192. The molecular formula is C17H33NO4Si. The number of rotatable bonds is 4. The number of ether oxygens (including phenoxy) is 1. The van der Waals surface area contributed by atoms with Gasteiger partial charge in [0, 0.05) is 24.9 Å². The second-order valence-corrected chi connectivity index (χ2v) is 11.9. The van der Waals surface area contributed by atoms with E-state index < -0.39 is 21.0 Å². The summed E-state index contributed by atoms with van der Waals surface area (Å²) in [7, 11) is -0.733. The number of amides is 1. The average molecular weight is 344 g/mol. The Labute approximate surface area is 143 Å². The molecule has 1 aliphatic heterocycles. The van der Waals surface area contributed by atoms with Gasteiger partial charge in [-0.15, -0.1) is 0 Å². The summed E-state index contributed by atoms with van der Waals surface area (Å²) in [5.74, 6) is -0.200. The Morgan fingerprint density at radius 1 is 1.09 bits per heavy atom. The SMILES string of the molecule is CC(C)(C)OC(=O)N1C[C@@H](C=O)[C@H](C(C)(C)O[SiH2]C(C)(C)C)C1. The van der Waals surface area contributed by atoms with Crippen molar-refractivity contribution >= 4 is 22.1 Å². The maximum atomic E-state index is 12.3. The van der Waals surface area contributed by atoms with Crippen LogP contribution in [-0.2, 0) is 14.0 Å². The number of likely N-dealkylation sites (tertiary alicyclic amines) is 1. The van der Waals surface area contributed by atoms with E-state index in [-0.39, 0.29) is 23.0 Å². The first kappa shape index (κ1) is 20.2. The summed E-state index contributed by atoms with van der Waals surface area (Å²) in [6.07, 6.45) is 0.606. The van der Waals surface area contributed by atoms with E-state index in [1.54, 1.807) is 4.90 Å². The molecule has 1 rings (SSSR count). The van der Waals surface area contributed by atoms with Gasteiger partial charge in [0.25, 0.3) is 0 Å². The van der Waals surface area contributed by atoms with Crippen LogP contribution < -0.4 is 0 Å². The monoisotopic (exact) mass is 343 g/mol. The molecule has 1 heterocycles. The van der Waals surface area contributed by atoms with E-state index in [4.69, 9.17) is 9.16 Å². The molecule has 1 saturated heterocycles. The molecule has 1 aliphatic rings. The van der Waals surface area contributed by atoms with Gasteiger partial charge in [-0.2, -0.15) is 0 Å². The number of carbonyl (C=O) groups excluding carboxylic acids is 2. The molecule has 0 aliphatic carbocycles. The Kier molecular flexibility index (Phi) is 6.07. The van der Waals surface area contributed by atoms with Crippen LogP contribution in [0.15, 0.2) is 0 Å². The van der Waals surface area contributed by atoms with Crippen LogP contribution in [0.25, 0.3) is 0 Å². The molecule has 0 aromatic rings. The zero-order chi connectivity index (χ0) is 18.1. The topological polar surface area (TPSA) is 55.8 Å². The predicted molar refractivity (Wildman–Crippen MR) is 94.3 cm³/mol. The number of carbonyl (C=O) groups is 2. The first-order chi connectivity index (χ1) is 10.2. The lowest BCUT2D eigenvalue weighted by molar-refractivity contribution is -0.113. The smallest absolute Gasteiger partial charge is 0.410 e. The van der Waals surface area contributed by atoms with E-state index in [0.717, 1.165) is 6.29 Å². The van der Waals surface area contributed by atoms with Gasteiger partial charge in [-0.1, -0.05) is 20.8 Å². The standard InChI is InChI=1S/C17H33NO4Si/c1-15(2,3)21-14(20)18-9-12(11-19)13(10-18)17(7,8)22-23-16(4,5)6/h11-13H,9-10,23H2,1-8H3/t12-,13+/m0/s1. The summed E-state index contributed by atoms with van der Waals surface area (Å²) in [6.45, 7) is 17.0. The van der Waals surface area contributed by atoms with Gasteiger partial charge in [-0.3, -0.25) is 0 Å².